The third-order valence-electron chi connectivity index (χ3n) is 4.62. The Kier molecular flexibility index (Phi) is 7.95. The van der Waals surface area contributed by atoms with Gasteiger partial charge in [0.1, 0.15) is 33.7 Å². The first-order valence-corrected chi connectivity index (χ1v) is 12.4. The van der Waals surface area contributed by atoms with Crippen LogP contribution in [-0.4, -0.2) is 60.3 Å². The van der Waals surface area contributed by atoms with E-state index in [-0.39, 0.29) is 41.9 Å². The normalized spacial score (nSPS) is 11.1. The minimum Gasteiger partial charge on any atom is -0.487 e. The summed E-state index contributed by atoms with van der Waals surface area (Å²) in [4.78, 5) is 24.7. The van der Waals surface area contributed by atoms with Gasteiger partial charge in [0.15, 0.2) is 5.69 Å². The van der Waals surface area contributed by atoms with Gasteiger partial charge in [-0.1, -0.05) is 11.3 Å². The SMILES string of the molecule is CCNC(=O)c1ccc(-n2nnc(C(=O)NCCS(C)(=O)=O)c2COc2cccc(F)c2)cc1. The molecule has 180 valence electrons. The van der Waals surface area contributed by atoms with Crippen molar-refractivity contribution in [2.24, 2.45) is 0 Å². The Labute approximate surface area is 196 Å². The summed E-state index contributed by atoms with van der Waals surface area (Å²) in [5, 5.41) is 13.2. The highest BCUT2D eigenvalue weighted by Crippen LogP contribution is 2.19. The zero-order chi connectivity index (χ0) is 24.7. The van der Waals surface area contributed by atoms with E-state index >= 15 is 0 Å². The van der Waals surface area contributed by atoms with Crippen LogP contribution in [0.4, 0.5) is 4.39 Å². The quantitative estimate of drug-likeness (QED) is 0.441. The molecule has 0 aliphatic heterocycles. The van der Waals surface area contributed by atoms with Crippen molar-refractivity contribution in [1.29, 1.82) is 0 Å². The molecule has 0 saturated carbocycles. The fraction of sp³-hybridized carbons (Fsp3) is 0.273. The fourth-order valence-electron chi connectivity index (χ4n) is 2.97. The van der Waals surface area contributed by atoms with Crippen LogP contribution in [0.3, 0.4) is 0 Å². The predicted molar refractivity (Wildman–Crippen MR) is 122 cm³/mol. The molecule has 2 N–H and O–H groups in total. The minimum atomic E-state index is -3.26. The number of nitrogens with one attached hydrogen (secondary N) is 2. The lowest BCUT2D eigenvalue weighted by Gasteiger charge is -2.11. The van der Waals surface area contributed by atoms with E-state index in [4.69, 9.17) is 4.74 Å². The molecule has 1 aromatic heterocycles. The maximum Gasteiger partial charge on any atom is 0.273 e. The molecule has 0 saturated heterocycles. The molecule has 1 heterocycles. The molecule has 0 radical (unpaired) electrons. The number of benzene rings is 2. The number of ether oxygens (including phenoxy) is 1. The monoisotopic (exact) mass is 489 g/mol. The second-order valence-corrected chi connectivity index (χ2v) is 9.59. The number of rotatable bonds is 10. The lowest BCUT2D eigenvalue weighted by atomic mass is 10.2. The van der Waals surface area contributed by atoms with Gasteiger partial charge < -0.3 is 15.4 Å². The first-order chi connectivity index (χ1) is 16.2. The van der Waals surface area contributed by atoms with Crippen LogP contribution in [0.1, 0.15) is 33.5 Å². The Balaban J connectivity index is 1.89. The van der Waals surface area contributed by atoms with Crippen LogP contribution < -0.4 is 15.4 Å². The Hall–Kier alpha value is -3.80. The van der Waals surface area contributed by atoms with Gasteiger partial charge in [-0.2, -0.15) is 0 Å². The number of halogens is 1. The number of hydrogen-bond acceptors (Lipinski definition) is 7. The van der Waals surface area contributed by atoms with Gasteiger partial charge in [0.2, 0.25) is 0 Å². The maximum atomic E-state index is 13.5. The zero-order valence-corrected chi connectivity index (χ0v) is 19.4. The summed E-state index contributed by atoms with van der Waals surface area (Å²) in [5.41, 5.74) is 1.14. The van der Waals surface area contributed by atoms with Gasteiger partial charge in [-0.3, -0.25) is 9.59 Å². The Morgan fingerprint density at radius 2 is 1.82 bits per heavy atom. The van der Waals surface area contributed by atoms with Crippen LogP contribution in [0.25, 0.3) is 5.69 Å². The number of nitrogens with zero attached hydrogens (tertiary/aromatic N) is 3. The van der Waals surface area contributed by atoms with Gasteiger partial charge in [-0.05, 0) is 43.3 Å². The van der Waals surface area contributed by atoms with Crippen molar-refractivity contribution in [1.82, 2.24) is 25.6 Å². The molecule has 2 amide bonds. The Morgan fingerprint density at radius 3 is 2.47 bits per heavy atom. The second kappa shape index (κ2) is 10.9. The highest BCUT2D eigenvalue weighted by Gasteiger charge is 2.22. The number of sulfone groups is 1. The molecule has 3 rings (SSSR count). The van der Waals surface area contributed by atoms with Gasteiger partial charge in [-0.25, -0.2) is 17.5 Å². The summed E-state index contributed by atoms with van der Waals surface area (Å²) in [7, 11) is -3.26. The topological polar surface area (TPSA) is 132 Å². The lowest BCUT2D eigenvalue weighted by Crippen LogP contribution is -2.30. The van der Waals surface area contributed by atoms with E-state index in [0.717, 1.165) is 6.26 Å². The fourth-order valence-corrected chi connectivity index (χ4v) is 3.45. The first kappa shape index (κ1) is 24.8. The maximum absolute atomic E-state index is 13.5. The number of aromatic nitrogens is 3. The number of amides is 2. The number of carbonyl (C=O) groups is 2. The lowest BCUT2D eigenvalue weighted by molar-refractivity contribution is 0.0943. The summed E-state index contributed by atoms with van der Waals surface area (Å²) in [5.74, 6) is -1.34. The minimum absolute atomic E-state index is 0.0716. The summed E-state index contributed by atoms with van der Waals surface area (Å²) >= 11 is 0. The third kappa shape index (κ3) is 6.61. The van der Waals surface area contributed by atoms with Gasteiger partial charge in [-0.15, -0.1) is 5.10 Å². The van der Waals surface area contributed by atoms with E-state index in [1.54, 1.807) is 30.3 Å². The van der Waals surface area contributed by atoms with Crippen molar-refractivity contribution in [3.05, 3.63) is 71.3 Å². The molecule has 0 bridgehead atoms. The van der Waals surface area contributed by atoms with Crippen molar-refractivity contribution < 1.29 is 27.1 Å². The summed E-state index contributed by atoms with van der Waals surface area (Å²) < 4.78 is 43.2. The molecule has 0 fully saturated rings. The molecule has 0 spiro atoms. The first-order valence-electron chi connectivity index (χ1n) is 10.4. The van der Waals surface area contributed by atoms with Crippen LogP contribution in [-0.2, 0) is 16.4 Å². The van der Waals surface area contributed by atoms with E-state index in [1.807, 2.05) is 6.92 Å². The van der Waals surface area contributed by atoms with Crippen molar-refractivity contribution in [3.8, 4) is 11.4 Å². The summed E-state index contributed by atoms with van der Waals surface area (Å²) in [6.45, 7) is 2.03. The van der Waals surface area contributed by atoms with Gasteiger partial charge in [0.25, 0.3) is 11.8 Å². The van der Waals surface area contributed by atoms with Crippen LogP contribution in [0.5, 0.6) is 5.75 Å². The number of carbonyl (C=O) groups excluding carboxylic acids is 2. The van der Waals surface area contributed by atoms with E-state index in [2.05, 4.69) is 20.9 Å². The van der Waals surface area contributed by atoms with Crippen LogP contribution in [0.15, 0.2) is 48.5 Å². The smallest absolute Gasteiger partial charge is 0.273 e. The van der Waals surface area contributed by atoms with Crippen LogP contribution in [0.2, 0.25) is 0 Å². The average Bonchev–Trinajstić information content (AvgIpc) is 3.21. The molecule has 0 atom stereocenters. The Morgan fingerprint density at radius 1 is 1.09 bits per heavy atom. The average molecular weight is 490 g/mol. The van der Waals surface area contributed by atoms with E-state index < -0.39 is 21.6 Å². The standard InChI is InChI=1S/C22H24FN5O5S/c1-3-24-21(29)15-7-9-17(10-8-15)28-19(14-33-18-6-4-5-16(23)13-18)20(26-27-28)22(30)25-11-12-34(2,31)32/h4-10,13H,3,11-12,14H2,1-2H3,(H,24,29)(H,25,30). The molecule has 3 aromatic rings. The molecule has 0 unspecified atom stereocenters. The molecular formula is C22H24FN5O5S. The highest BCUT2D eigenvalue weighted by atomic mass is 32.2. The second-order valence-electron chi connectivity index (χ2n) is 7.33. The summed E-state index contributed by atoms with van der Waals surface area (Å²) in [6.07, 6.45) is 1.07. The largest absolute Gasteiger partial charge is 0.487 e. The van der Waals surface area contributed by atoms with Crippen molar-refractivity contribution in [2.75, 3.05) is 25.1 Å². The van der Waals surface area contributed by atoms with Crippen LogP contribution in [0, 0.1) is 5.82 Å². The molecule has 0 aliphatic carbocycles. The van der Waals surface area contributed by atoms with Crippen molar-refractivity contribution in [3.63, 3.8) is 0 Å². The molecule has 0 aliphatic rings. The zero-order valence-electron chi connectivity index (χ0n) is 18.6. The Bertz CT molecular complexity index is 1280. The predicted octanol–water partition coefficient (Wildman–Crippen LogP) is 1.51. The van der Waals surface area contributed by atoms with Crippen molar-refractivity contribution in [2.45, 2.75) is 13.5 Å². The highest BCUT2D eigenvalue weighted by molar-refractivity contribution is 7.90. The van der Waals surface area contributed by atoms with Gasteiger partial charge >= 0.3 is 0 Å². The molecule has 10 nitrogen and oxygen atoms in total. The van der Waals surface area contributed by atoms with E-state index in [0.29, 0.717) is 17.8 Å². The third-order valence-corrected chi connectivity index (χ3v) is 5.57. The van der Waals surface area contributed by atoms with Crippen LogP contribution >= 0.6 is 0 Å². The summed E-state index contributed by atoms with van der Waals surface area (Å²) in [6, 6.07) is 12.0. The van der Waals surface area contributed by atoms with Gasteiger partial charge in [0, 0.05) is 31.0 Å². The molecule has 34 heavy (non-hydrogen) atoms. The molecule has 12 heteroatoms. The molecule has 2 aromatic carbocycles. The van der Waals surface area contributed by atoms with E-state index in [9.17, 15) is 22.4 Å². The van der Waals surface area contributed by atoms with E-state index in [1.165, 1.54) is 22.9 Å². The molecular weight excluding hydrogens is 465 g/mol. The van der Waals surface area contributed by atoms with Crippen molar-refractivity contribution >= 4 is 21.7 Å². The van der Waals surface area contributed by atoms with Gasteiger partial charge in [0.05, 0.1) is 11.4 Å². The number of hydrogen-bond donors (Lipinski definition) is 2.